The molecular weight excluding hydrogens is 1450 g/mol. The van der Waals surface area contributed by atoms with Crippen molar-refractivity contribution in [2.24, 2.45) is 0 Å². The summed E-state index contributed by atoms with van der Waals surface area (Å²) in [6, 6.07) is 32.1. The monoisotopic (exact) mass is 1520 g/mol. The summed E-state index contributed by atoms with van der Waals surface area (Å²) in [6.07, 6.45) is 12.1. The van der Waals surface area contributed by atoms with Crippen LogP contribution >= 0.6 is 134 Å². The van der Waals surface area contributed by atoms with Gasteiger partial charge in [-0.15, -0.1) is 90.7 Å². The number of halogens is 2. The zero-order valence-corrected chi connectivity index (χ0v) is 63.0. The standard InChI is InChI=1S/C70H82Br2N2O8S9/c1-5-9-27-75-35-39-79-31-23-47-43-61(87-67(47)57-19-15-53(83-57)55-17-21-59(85-55)69-49(45-63(71)89-69)25-33-81-41-37-77-29-11-7-3)51-13-14-52(66-65(51)73-91-74-66)62-44-48(24-32-80-40-36-76-28-10-6-2)68(88-62)58-20-16-54(84-58)56-18-22-60(86-56)70-50(46-64(72)90-70)26-34-82-42-38-78-30-12-8-4/h13-22,43-46H,5-12,23-42H2,1-4H3. The van der Waals surface area contributed by atoms with E-state index in [9.17, 15) is 0 Å². The molecule has 0 unspecified atom stereocenters. The van der Waals surface area contributed by atoms with Gasteiger partial charge < -0.3 is 37.9 Å². The van der Waals surface area contributed by atoms with Crippen molar-refractivity contribution < 1.29 is 37.9 Å². The first kappa shape index (κ1) is 71.1. The van der Waals surface area contributed by atoms with Crippen LogP contribution in [0.1, 0.15) is 101 Å². The summed E-state index contributed by atoms with van der Waals surface area (Å²) in [6.45, 7) is 19.3. The van der Waals surface area contributed by atoms with Gasteiger partial charge in [0.05, 0.1) is 98.6 Å². The fourth-order valence-corrected chi connectivity index (χ4v) is 21.4. The van der Waals surface area contributed by atoms with E-state index in [0.717, 1.165) is 133 Å². The number of aromatic nitrogens is 2. The Morgan fingerprint density at radius 1 is 0.286 bits per heavy atom. The van der Waals surface area contributed by atoms with Crippen LogP contribution in [0.25, 0.3) is 90.4 Å². The molecule has 21 heteroatoms. The Morgan fingerprint density at radius 2 is 0.549 bits per heavy atom. The van der Waals surface area contributed by atoms with Crippen LogP contribution < -0.4 is 0 Å². The average molecular weight is 1530 g/mol. The van der Waals surface area contributed by atoms with Gasteiger partial charge in [-0.1, -0.05) is 65.5 Å². The van der Waals surface area contributed by atoms with E-state index in [1.807, 2.05) is 68.0 Å². The van der Waals surface area contributed by atoms with E-state index in [0.29, 0.717) is 79.3 Å². The number of unbranched alkanes of at least 4 members (excludes halogenated alkanes) is 4. The van der Waals surface area contributed by atoms with Gasteiger partial charge in [0.1, 0.15) is 11.0 Å². The Balaban J connectivity index is 0.885. The lowest BCUT2D eigenvalue weighted by Gasteiger charge is -2.06. The summed E-state index contributed by atoms with van der Waals surface area (Å²) in [4.78, 5) is 17.6. The summed E-state index contributed by atoms with van der Waals surface area (Å²) >= 11 is 23.6. The van der Waals surface area contributed by atoms with Crippen molar-refractivity contribution in [3.63, 3.8) is 0 Å². The minimum absolute atomic E-state index is 0.579. The predicted molar refractivity (Wildman–Crippen MR) is 400 cm³/mol. The highest BCUT2D eigenvalue weighted by molar-refractivity contribution is 9.11. The van der Waals surface area contributed by atoms with Crippen LogP contribution in [0.15, 0.2) is 92.5 Å². The molecule has 488 valence electrons. The minimum atomic E-state index is 0.579. The molecule has 0 atom stereocenters. The third-order valence-corrected chi connectivity index (χ3v) is 26.8. The molecule has 0 saturated heterocycles. The van der Waals surface area contributed by atoms with Gasteiger partial charge in [-0.25, -0.2) is 0 Å². The molecule has 10 rings (SSSR count). The van der Waals surface area contributed by atoms with Crippen LogP contribution in [-0.4, -0.2) is 114 Å². The average Bonchev–Trinajstić information content (AvgIpc) is 1.73. The number of benzene rings is 1. The summed E-state index contributed by atoms with van der Waals surface area (Å²) < 4.78 is 60.0. The molecule has 0 aliphatic heterocycles. The number of hydrogen-bond donors (Lipinski definition) is 0. The Morgan fingerprint density at radius 3 is 0.846 bits per heavy atom. The van der Waals surface area contributed by atoms with E-state index < -0.39 is 0 Å². The fraction of sp³-hybridized carbons (Fsp3) is 0.457. The zero-order valence-electron chi connectivity index (χ0n) is 52.5. The van der Waals surface area contributed by atoms with Gasteiger partial charge in [0, 0.05) is 106 Å². The minimum Gasteiger partial charge on any atom is -0.379 e. The lowest BCUT2D eigenvalue weighted by molar-refractivity contribution is 0.0479. The van der Waals surface area contributed by atoms with Gasteiger partial charge >= 0.3 is 0 Å². The van der Waals surface area contributed by atoms with Gasteiger partial charge in [-0.3, -0.25) is 0 Å². The molecule has 0 fully saturated rings. The molecule has 0 aliphatic carbocycles. The second kappa shape index (κ2) is 38.3. The molecule has 0 radical (unpaired) electrons. The van der Waals surface area contributed by atoms with Gasteiger partial charge in [-0.05, 0) is 178 Å². The van der Waals surface area contributed by atoms with Crippen LogP contribution in [0.3, 0.4) is 0 Å². The van der Waals surface area contributed by atoms with Crippen LogP contribution in [0, 0.1) is 0 Å². The van der Waals surface area contributed by atoms with Crippen LogP contribution in [0.4, 0.5) is 0 Å². The second-order valence-corrected chi connectivity index (χ2v) is 33.7. The maximum atomic E-state index is 6.23. The highest BCUT2D eigenvalue weighted by Crippen LogP contribution is 2.51. The SMILES string of the molecule is CCCCOCCOCCc1cc(Br)sc1-c1ccc(-c2ccc(-c3sc(-c4ccc(-c5cc(CCOCCOCCCC)c(-c6ccc(-c7ccc(-c8sc(Br)cc8CCOCCOCCCC)s7)s6)s5)c5nsnc45)cc3CCOCCOCCCC)s2)s1. The van der Waals surface area contributed by atoms with Crippen molar-refractivity contribution in [1.82, 2.24) is 8.75 Å². The molecule has 0 amide bonds. The third kappa shape index (κ3) is 20.4. The van der Waals surface area contributed by atoms with Crippen molar-refractivity contribution in [2.45, 2.75) is 105 Å². The van der Waals surface area contributed by atoms with Crippen LogP contribution in [-0.2, 0) is 63.6 Å². The maximum absolute atomic E-state index is 6.23. The largest absolute Gasteiger partial charge is 0.379 e. The van der Waals surface area contributed by atoms with Gasteiger partial charge in [0.15, 0.2) is 0 Å². The van der Waals surface area contributed by atoms with Crippen molar-refractivity contribution in [2.75, 3.05) is 106 Å². The molecule has 9 heterocycles. The smallest absolute Gasteiger partial charge is 0.114 e. The van der Waals surface area contributed by atoms with Crippen molar-refractivity contribution in [3.05, 3.63) is 115 Å². The lowest BCUT2D eigenvalue weighted by atomic mass is 10.0. The van der Waals surface area contributed by atoms with Crippen molar-refractivity contribution in [1.29, 1.82) is 0 Å². The Hall–Kier alpha value is -2.72. The van der Waals surface area contributed by atoms with E-state index in [1.54, 1.807) is 22.7 Å². The molecule has 0 aliphatic rings. The molecule has 0 bridgehead atoms. The molecule has 0 spiro atoms. The maximum Gasteiger partial charge on any atom is 0.114 e. The molecule has 91 heavy (non-hydrogen) atoms. The highest BCUT2D eigenvalue weighted by atomic mass is 79.9. The van der Waals surface area contributed by atoms with Crippen LogP contribution in [0.2, 0.25) is 0 Å². The summed E-state index contributed by atoms with van der Waals surface area (Å²) in [7, 11) is 0. The first-order chi connectivity index (χ1) is 44.8. The lowest BCUT2D eigenvalue weighted by Crippen LogP contribution is -2.07. The van der Waals surface area contributed by atoms with Gasteiger partial charge in [0.2, 0.25) is 0 Å². The Labute approximate surface area is 590 Å². The topological polar surface area (TPSA) is 99.6 Å². The number of thiophene rings is 8. The van der Waals surface area contributed by atoms with Crippen LogP contribution in [0.5, 0.6) is 0 Å². The number of fused-ring (bicyclic) bond motifs is 1. The summed E-state index contributed by atoms with van der Waals surface area (Å²) in [5.41, 5.74) is 9.22. The van der Waals surface area contributed by atoms with Gasteiger partial charge in [0.25, 0.3) is 0 Å². The summed E-state index contributed by atoms with van der Waals surface area (Å²) in [5, 5.41) is 0. The quantitative estimate of drug-likeness (QED) is 0.0343. The molecule has 10 aromatic rings. The van der Waals surface area contributed by atoms with E-state index in [2.05, 4.69) is 144 Å². The number of hydrogen-bond acceptors (Lipinski definition) is 19. The molecule has 10 nitrogen and oxygen atoms in total. The molecule has 0 N–H and O–H groups in total. The normalized spacial score (nSPS) is 11.9. The first-order valence-corrected chi connectivity index (χ1v) is 40.8. The summed E-state index contributed by atoms with van der Waals surface area (Å²) in [5.74, 6) is 0. The van der Waals surface area contributed by atoms with E-state index in [1.165, 1.54) is 102 Å². The van der Waals surface area contributed by atoms with E-state index >= 15 is 0 Å². The number of rotatable bonds is 44. The van der Waals surface area contributed by atoms with E-state index in [4.69, 9.17) is 46.6 Å². The molecule has 1 aromatic carbocycles. The Bertz CT molecular complexity index is 3510. The second-order valence-electron chi connectivity index (χ2n) is 21.8. The number of nitrogens with zero attached hydrogens (tertiary/aromatic N) is 2. The molecule has 0 saturated carbocycles. The van der Waals surface area contributed by atoms with E-state index in [-0.39, 0.29) is 0 Å². The van der Waals surface area contributed by atoms with Gasteiger partial charge in [-0.2, -0.15) is 8.75 Å². The zero-order chi connectivity index (χ0) is 63.0. The van der Waals surface area contributed by atoms with Crippen molar-refractivity contribution in [3.8, 4) is 79.4 Å². The number of ether oxygens (including phenoxy) is 8. The predicted octanol–water partition coefficient (Wildman–Crippen LogP) is 22.5. The van der Waals surface area contributed by atoms with Crippen molar-refractivity contribution >= 4 is 145 Å². The Kier molecular flexibility index (Phi) is 29.9. The molecule has 9 aromatic heterocycles. The molecular formula is C70H82Br2N2O8S9. The highest BCUT2D eigenvalue weighted by Gasteiger charge is 2.24. The fourth-order valence-electron chi connectivity index (χ4n) is 10.1. The third-order valence-electron chi connectivity index (χ3n) is 15.0. The first-order valence-electron chi connectivity index (χ1n) is 31.9.